The zero-order valence-corrected chi connectivity index (χ0v) is 13.4. The van der Waals surface area contributed by atoms with Crippen LogP contribution in [0.15, 0.2) is 30.6 Å². The van der Waals surface area contributed by atoms with Gasteiger partial charge in [-0.05, 0) is 30.4 Å². The molecule has 8 heteroatoms. The van der Waals surface area contributed by atoms with Gasteiger partial charge in [-0.3, -0.25) is 0 Å². The molecule has 0 radical (unpaired) electrons. The van der Waals surface area contributed by atoms with Crippen LogP contribution >= 0.6 is 11.6 Å². The first-order valence-corrected chi connectivity index (χ1v) is 7.95. The van der Waals surface area contributed by atoms with E-state index >= 15 is 0 Å². The second-order valence-corrected chi connectivity index (χ2v) is 6.18. The lowest BCUT2D eigenvalue weighted by atomic mass is 10.2. The van der Waals surface area contributed by atoms with Crippen molar-refractivity contribution in [1.82, 2.24) is 19.4 Å². The highest BCUT2D eigenvalue weighted by atomic mass is 35.5. The Bertz CT molecular complexity index is 935. The Labute approximate surface area is 142 Å². The molecule has 0 saturated heterocycles. The van der Waals surface area contributed by atoms with Crippen LogP contribution in [-0.4, -0.2) is 30.4 Å². The van der Waals surface area contributed by atoms with Crippen LogP contribution < -0.4 is 5.32 Å². The van der Waals surface area contributed by atoms with Gasteiger partial charge < -0.3 is 14.8 Å². The van der Waals surface area contributed by atoms with Crippen LogP contribution in [0.1, 0.15) is 40.6 Å². The normalized spacial score (nSPS) is 14.0. The van der Waals surface area contributed by atoms with Gasteiger partial charge in [0.2, 0.25) is 5.82 Å². The second kappa shape index (κ2) is 5.76. The molecule has 1 fully saturated rings. The van der Waals surface area contributed by atoms with Crippen LogP contribution in [0.2, 0.25) is 5.15 Å². The first-order chi connectivity index (χ1) is 11.6. The van der Waals surface area contributed by atoms with Crippen molar-refractivity contribution in [3.05, 3.63) is 52.8 Å². The number of carboxylic acids is 1. The molecule has 0 bridgehead atoms. The van der Waals surface area contributed by atoms with E-state index < -0.39 is 5.97 Å². The highest BCUT2D eigenvalue weighted by Crippen LogP contribution is 2.39. The number of nitrogens with one attached hydrogen (secondary N) is 1. The first kappa shape index (κ1) is 14.9. The Balaban J connectivity index is 1.53. The fourth-order valence-corrected chi connectivity index (χ4v) is 2.77. The third-order valence-corrected chi connectivity index (χ3v) is 4.10. The highest BCUT2D eigenvalue weighted by Gasteiger charge is 2.23. The summed E-state index contributed by atoms with van der Waals surface area (Å²) in [7, 11) is 0. The van der Waals surface area contributed by atoms with E-state index in [-0.39, 0.29) is 11.0 Å². The van der Waals surface area contributed by atoms with Gasteiger partial charge in [-0.15, -0.1) is 0 Å². The van der Waals surface area contributed by atoms with Crippen LogP contribution in [0.25, 0.3) is 5.65 Å². The molecule has 3 heterocycles. The van der Waals surface area contributed by atoms with Gasteiger partial charge in [0, 0.05) is 18.5 Å². The van der Waals surface area contributed by atoms with E-state index in [0.717, 1.165) is 11.3 Å². The molecule has 24 heavy (non-hydrogen) atoms. The number of aromatic nitrogens is 4. The first-order valence-electron chi connectivity index (χ1n) is 7.58. The molecule has 0 unspecified atom stereocenters. The van der Waals surface area contributed by atoms with Gasteiger partial charge in [-0.2, -0.15) is 0 Å². The number of rotatable bonds is 5. The summed E-state index contributed by atoms with van der Waals surface area (Å²) in [6.45, 7) is 0.410. The van der Waals surface area contributed by atoms with Crippen molar-refractivity contribution in [3.8, 4) is 0 Å². The number of imidazole rings is 1. The molecule has 4 rings (SSSR count). The molecule has 1 saturated carbocycles. The minimum absolute atomic E-state index is 0.0778. The molecular weight excluding hydrogens is 330 g/mol. The lowest BCUT2D eigenvalue weighted by molar-refractivity contribution is 0.0683. The smallest absolute Gasteiger partial charge is 0.374 e. The Morgan fingerprint density at radius 2 is 2.12 bits per heavy atom. The average molecular weight is 344 g/mol. The summed E-state index contributed by atoms with van der Waals surface area (Å²) in [6.07, 6.45) is 6.59. The predicted molar refractivity (Wildman–Crippen MR) is 88.5 cm³/mol. The lowest BCUT2D eigenvalue weighted by Gasteiger charge is -2.04. The number of carboxylic acid groups (broad SMARTS) is 1. The summed E-state index contributed by atoms with van der Waals surface area (Å²) in [6, 6.07) is 5.62. The number of hydrogen-bond acceptors (Lipinski definition) is 5. The maximum Gasteiger partial charge on any atom is 0.374 e. The minimum atomic E-state index is -1.22. The Morgan fingerprint density at radius 1 is 1.29 bits per heavy atom. The van der Waals surface area contributed by atoms with E-state index in [4.69, 9.17) is 16.7 Å². The molecule has 0 spiro atoms. The molecule has 122 valence electrons. The van der Waals surface area contributed by atoms with Crippen LogP contribution in [-0.2, 0) is 6.54 Å². The van der Waals surface area contributed by atoms with Crippen LogP contribution in [0.5, 0.6) is 0 Å². The molecule has 0 aliphatic heterocycles. The number of anilines is 1. The van der Waals surface area contributed by atoms with Crippen molar-refractivity contribution in [2.24, 2.45) is 0 Å². The molecule has 3 aromatic heterocycles. The zero-order chi connectivity index (χ0) is 16.7. The topological polar surface area (TPSA) is 92.4 Å². The largest absolute Gasteiger partial charge is 0.475 e. The standard InChI is InChI=1S/C16H14ClN5O2/c17-12-5-13(21-15(20-12)16(23)24)18-6-11-8-22-7-10(9-1-2-9)3-4-14(22)19-11/h3-5,7-9H,1-2,6H2,(H,23,24)(H,18,20,21). The van der Waals surface area contributed by atoms with Crippen LogP contribution in [0.3, 0.4) is 0 Å². The van der Waals surface area contributed by atoms with Gasteiger partial charge in [-0.25, -0.2) is 19.7 Å². The molecule has 1 aliphatic carbocycles. The maximum absolute atomic E-state index is 11.0. The van der Waals surface area contributed by atoms with Crippen LogP contribution in [0.4, 0.5) is 5.82 Å². The molecule has 2 N–H and O–H groups in total. The van der Waals surface area contributed by atoms with E-state index in [1.807, 2.05) is 16.7 Å². The number of halogens is 1. The van der Waals surface area contributed by atoms with Gasteiger partial charge in [0.05, 0.1) is 12.2 Å². The average Bonchev–Trinajstić information content (AvgIpc) is 3.32. The van der Waals surface area contributed by atoms with Gasteiger partial charge in [0.15, 0.2) is 0 Å². The Hall–Kier alpha value is -2.67. The number of carbonyl (C=O) groups is 1. The molecule has 7 nitrogen and oxygen atoms in total. The van der Waals surface area contributed by atoms with Crippen molar-refractivity contribution < 1.29 is 9.90 Å². The van der Waals surface area contributed by atoms with E-state index in [1.54, 1.807) is 0 Å². The number of pyridine rings is 1. The van der Waals surface area contributed by atoms with Crippen molar-refractivity contribution in [2.45, 2.75) is 25.3 Å². The molecule has 3 aromatic rings. The summed E-state index contributed by atoms with van der Waals surface area (Å²) in [5.74, 6) is -0.519. The van der Waals surface area contributed by atoms with Crippen molar-refractivity contribution in [3.63, 3.8) is 0 Å². The van der Waals surface area contributed by atoms with E-state index in [9.17, 15) is 4.79 Å². The van der Waals surface area contributed by atoms with Gasteiger partial charge in [0.1, 0.15) is 16.6 Å². The molecule has 0 atom stereocenters. The highest BCUT2D eigenvalue weighted by molar-refractivity contribution is 6.29. The van der Waals surface area contributed by atoms with Crippen molar-refractivity contribution >= 4 is 29.0 Å². The summed E-state index contributed by atoms with van der Waals surface area (Å²) in [4.78, 5) is 23.1. The zero-order valence-electron chi connectivity index (χ0n) is 12.6. The number of aromatic carboxylic acids is 1. The van der Waals surface area contributed by atoms with Crippen molar-refractivity contribution in [1.29, 1.82) is 0 Å². The fraction of sp³-hybridized carbons (Fsp3) is 0.250. The lowest BCUT2D eigenvalue weighted by Crippen LogP contribution is -2.08. The number of hydrogen-bond donors (Lipinski definition) is 2. The molecule has 0 aromatic carbocycles. The molecule has 1 aliphatic rings. The summed E-state index contributed by atoms with van der Waals surface area (Å²) >= 11 is 5.82. The summed E-state index contributed by atoms with van der Waals surface area (Å²) < 4.78 is 2.01. The van der Waals surface area contributed by atoms with Gasteiger partial charge >= 0.3 is 5.97 Å². The summed E-state index contributed by atoms with van der Waals surface area (Å²) in [5, 5.41) is 12.1. The van der Waals surface area contributed by atoms with Gasteiger partial charge in [-0.1, -0.05) is 17.7 Å². The monoisotopic (exact) mass is 343 g/mol. The fourth-order valence-electron chi connectivity index (χ4n) is 2.59. The molecular formula is C16H14ClN5O2. The van der Waals surface area contributed by atoms with E-state index in [2.05, 4.69) is 32.5 Å². The number of fused-ring (bicyclic) bond motifs is 1. The third-order valence-electron chi connectivity index (χ3n) is 3.91. The second-order valence-electron chi connectivity index (χ2n) is 5.79. The van der Waals surface area contributed by atoms with Crippen LogP contribution in [0, 0.1) is 0 Å². The number of nitrogens with zero attached hydrogens (tertiary/aromatic N) is 4. The quantitative estimate of drug-likeness (QED) is 0.692. The van der Waals surface area contributed by atoms with Crippen molar-refractivity contribution in [2.75, 3.05) is 5.32 Å². The minimum Gasteiger partial charge on any atom is -0.475 e. The third kappa shape index (κ3) is 3.03. The molecule has 0 amide bonds. The predicted octanol–water partition coefficient (Wildman–Crippen LogP) is 2.97. The summed E-state index contributed by atoms with van der Waals surface area (Å²) in [5.41, 5.74) is 3.05. The Morgan fingerprint density at radius 3 is 2.88 bits per heavy atom. The van der Waals surface area contributed by atoms with Gasteiger partial charge in [0.25, 0.3) is 0 Å². The Kier molecular flexibility index (Phi) is 3.57. The SMILES string of the molecule is O=C(O)c1nc(Cl)cc(NCc2cn3cc(C4CC4)ccc3n2)n1. The van der Waals surface area contributed by atoms with E-state index in [1.165, 1.54) is 24.5 Å². The van der Waals surface area contributed by atoms with E-state index in [0.29, 0.717) is 18.3 Å². The maximum atomic E-state index is 11.0.